The van der Waals surface area contributed by atoms with E-state index in [1.54, 1.807) is 0 Å². The Morgan fingerprint density at radius 3 is 2.55 bits per heavy atom. The highest BCUT2D eigenvalue weighted by atomic mass is 16.2. The molecule has 0 bridgehead atoms. The lowest BCUT2D eigenvalue weighted by molar-refractivity contribution is -0.120. The smallest absolute Gasteiger partial charge is 0.247 e. The molecule has 0 aliphatic carbocycles. The third-order valence-corrected chi connectivity index (χ3v) is 3.61. The van der Waals surface area contributed by atoms with Gasteiger partial charge in [-0.3, -0.25) is 4.79 Å². The van der Waals surface area contributed by atoms with Crippen molar-refractivity contribution in [1.29, 1.82) is 0 Å². The Labute approximate surface area is 131 Å². The topological polar surface area (TPSA) is 59.3 Å². The average Bonchev–Trinajstić information content (AvgIpc) is 2.82. The van der Waals surface area contributed by atoms with Gasteiger partial charge in [0.25, 0.3) is 0 Å². The first-order chi connectivity index (χ1) is 10.7. The molecule has 0 aliphatic heterocycles. The van der Waals surface area contributed by atoms with Gasteiger partial charge in [-0.05, 0) is 25.0 Å². The molecular weight excluding hydrogens is 276 g/mol. The molecule has 0 spiro atoms. The van der Waals surface area contributed by atoms with Crippen LogP contribution in [0.2, 0.25) is 0 Å². The number of nitrogens with one attached hydrogen (secondary N) is 1. The molecule has 1 heterocycles. The van der Waals surface area contributed by atoms with Crippen LogP contribution in [0, 0.1) is 0 Å². The number of benzene rings is 1. The molecule has 0 unspecified atom stereocenters. The summed E-state index contributed by atoms with van der Waals surface area (Å²) >= 11 is 0. The molecule has 1 amide bonds. The SMILES string of the molecule is CCCC(CCC)=NNC(=O)Cc1nc2ccccc2n1C. The number of imidazole rings is 1. The van der Waals surface area contributed by atoms with Gasteiger partial charge in [0.05, 0.1) is 17.5 Å². The molecule has 0 radical (unpaired) electrons. The van der Waals surface area contributed by atoms with Gasteiger partial charge >= 0.3 is 0 Å². The fourth-order valence-corrected chi connectivity index (χ4v) is 2.49. The van der Waals surface area contributed by atoms with Crippen molar-refractivity contribution < 1.29 is 4.79 Å². The van der Waals surface area contributed by atoms with Gasteiger partial charge in [-0.1, -0.05) is 38.8 Å². The lowest BCUT2D eigenvalue weighted by atomic mass is 10.1. The molecule has 22 heavy (non-hydrogen) atoms. The molecule has 118 valence electrons. The minimum atomic E-state index is -0.122. The van der Waals surface area contributed by atoms with Crippen molar-refractivity contribution in [2.45, 2.75) is 46.0 Å². The highest BCUT2D eigenvalue weighted by Crippen LogP contribution is 2.14. The second-order valence-corrected chi connectivity index (χ2v) is 5.47. The van der Waals surface area contributed by atoms with Crippen LogP contribution in [0.1, 0.15) is 45.4 Å². The Kier molecular flexibility index (Phi) is 5.69. The molecule has 2 aromatic rings. The van der Waals surface area contributed by atoms with Crippen LogP contribution in [0.3, 0.4) is 0 Å². The van der Waals surface area contributed by atoms with Gasteiger partial charge in [-0.2, -0.15) is 5.10 Å². The molecule has 0 atom stereocenters. The maximum atomic E-state index is 12.1. The number of aryl methyl sites for hydroxylation is 1. The molecule has 0 fully saturated rings. The summed E-state index contributed by atoms with van der Waals surface area (Å²) in [6.07, 6.45) is 4.18. The van der Waals surface area contributed by atoms with Crippen molar-refractivity contribution in [3.63, 3.8) is 0 Å². The molecule has 0 aliphatic rings. The monoisotopic (exact) mass is 300 g/mol. The van der Waals surface area contributed by atoms with E-state index in [0.29, 0.717) is 0 Å². The summed E-state index contributed by atoms with van der Waals surface area (Å²) in [4.78, 5) is 16.6. The van der Waals surface area contributed by atoms with E-state index < -0.39 is 0 Å². The molecule has 5 heteroatoms. The fourth-order valence-electron chi connectivity index (χ4n) is 2.49. The molecule has 2 rings (SSSR count). The van der Waals surface area contributed by atoms with Crippen molar-refractivity contribution in [3.8, 4) is 0 Å². The Balaban J connectivity index is 2.04. The van der Waals surface area contributed by atoms with Crippen LogP contribution in [0.25, 0.3) is 11.0 Å². The van der Waals surface area contributed by atoms with Crippen LogP contribution in [-0.4, -0.2) is 21.2 Å². The van der Waals surface area contributed by atoms with Crippen molar-refractivity contribution in [2.24, 2.45) is 12.1 Å². The van der Waals surface area contributed by atoms with E-state index in [-0.39, 0.29) is 12.3 Å². The maximum Gasteiger partial charge on any atom is 0.247 e. The third-order valence-electron chi connectivity index (χ3n) is 3.61. The van der Waals surface area contributed by atoms with Crippen LogP contribution < -0.4 is 5.43 Å². The van der Waals surface area contributed by atoms with E-state index in [1.165, 1.54) is 0 Å². The summed E-state index contributed by atoms with van der Waals surface area (Å²) in [5.41, 5.74) is 5.67. The van der Waals surface area contributed by atoms with E-state index in [4.69, 9.17) is 0 Å². The van der Waals surface area contributed by atoms with E-state index in [9.17, 15) is 4.79 Å². The van der Waals surface area contributed by atoms with E-state index >= 15 is 0 Å². The zero-order chi connectivity index (χ0) is 15.9. The second-order valence-electron chi connectivity index (χ2n) is 5.47. The lowest BCUT2D eigenvalue weighted by Gasteiger charge is -2.05. The Morgan fingerprint density at radius 2 is 1.91 bits per heavy atom. The highest BCUT2D eigenvalue weighted by molar-refractivity contribution is 5.87. The highest BCUT2D eigenvalue weighted by Gasteiger charge is 2.11. The van der Waals surface area contributed by atoms with E-state index in [2.05, 4.69) is 29.4 Å². The standard InChI is InChI=1S/C17H24N4O/c1-4-8-13(9-5-2)19-20-17(22)12-16-18-14-10-6-7-11-15(14)21(16)3/h6-7,10-11H,4-5,8-9,12H2,1-3H3,(H,20,22). The summed E-state index contributed by atoms with van der Waals surface area (Å²) in [5.74, 6) is 0.629. The number of aromatic nitrogens is 2. The Bertz CT molecular complexity index is 664. The first-order valence-electron chi connectivity index (χ1n) is 7.90. The lowest BCUT2D eigenvalue weighted by Crippen LogP contribution is -2.23. The van der Waals surface area contributed by atoms with Gasteiger partial charge in [0.1, 0.15) is 5.82 Å². The maximum absolute atomic E-state index is 12.1. The van der Waals surface area contributed by atoms with Gasteiger partial charge in [0, 0.05) is 12.8 Å². The average molecular weight is 300 g/mol. The summed E-state index contributed by atoms with van der Waals surface area (Å²) in [6, 6.07) is 7.88. The third kappa shape index (κ3) is 3.93. The van der Waals surface area contributed by atoms with Crippen LogP contribution in [0.15, 0.2) is 29.4 Å². The van der Waals surface area contributed by atoms with Gasteiger partial charge in [-0.25, -0.2) is 10.4 Å². The van der Waals surface area contributed by atoms with E-state index in [0.717, 1.165) is 48.3 Å². The predicted molar refractivity (Wildman–Crippen MR) is 89.8 cm³/mol. The largest absolute Gasteiger partial charge is 0.331 e. The van der Waals surface area contributed by atoms with Crippen LogP contribution >= 0.6 is 0 Å². The summed E-state index contributed by atoms with van der Waals surface area (Å²) in [5, 5.41) is 4.26. The molecule has 5 nitrogen and oxygen atoms in total. The molecule has 1 N–H and O–H groups in total. The summed E-state index contributed by atoms with van der Waals surface area (Å²) in [7, 11) is 1.93. The van der Waals surface area contributed by atoms with Gasteiger partial charge in [0.2, 0.25) is 5.91 Å². The van der Waals surface area contributed by atoms with Gasteiger partial charge in [0.15, 0.2) is 0 Å². The number of hydrazone groups is 1. The number of carbonyl (C=O) groups excluding carboxylic acids is 1. The number of carbonyl (C=O) groups is 1. The predicted octanol–water partition coefficient (Wildman–Crippen LogP) is 3.19. The quantitative estimate of drug-likeness (QED) is 0.630. The molecule has 0 saturated heterocycles. The summed E-state index contributed by atoms with van der Waals surface area (Å²) < 4.78 is 1.96. The fraction of sp³-hybridized carbons (Fsp3) is 0.471. The minimum absolute atomic E-state index is 0.122. The zero-order valence-corrected chi connectivity index (χ0v) is 13.6. The molecule has 0 saturated carbocycles. The van der Waals surface area contributed by atoms with Crippen molar-refractivity contribution in [1.82, 2.24) is 15.0 Å². The van der Waals surface area contributed by atoms with Crippen molar-refractivity contribution >= 4 is 22.7 Å². The Hall–Kier alpha value is -2.17. The first-order valence-corrected chi connectivity index (χ1v) is 7.90. The first kappa shape index (κ1) is 16.2. The number of para-hydroxylation sites is 2. The zero-order valence-electron chi connectivity index (χ0n) is 13.6. The number of hydrogen-bond donors (Lipinski definition) is 1. The van der Waals surface area contributed by atoms with Crippen LogP contribution in [0.4, 0.5) is 0 Å². The number of amides is 1. The summed E-state index contributed by atoms with van der Waals surface area (Å²) in [6.45, 7) is 4.24. The molecular formula is C17H24N4O. The van der Waals surface area contributed by atoms with Crippen LogP contribution in [-0.2, 0) is 18.3 Å². The van der Waals surface area contributed by atoms with Crippen LogP contribution in [0.5, 0.6) is 0 Å². The normalized spacial score (nSPS) is 10.7. The van der Waals surface area contributed by atoms with Gasteiger partial charge in [-0.15, -0.1) is 0 Å². The van der Waals surface area contributed by atoms with Crippen molar-refractivity contribution in [2.75, 3.05) is 0 Å². The molecule has 1 aromatic carbocycles. The second kappa shape index (κ2) is 7.73. The minimum Gasteiger partial charge on any atom is -0.331 e. The Morgan fingerprint density at radius 1 is 1.23 bits per heavy atom. The number of nitrogens with zero attached hydrogens (tertiary/aromatic N) is 3. The van der Waals surface area contributed by atoms with Gasteiger partial charge < -0.3 is 4.57 Å². The van der Waals surface area contributed by atoms with E-state index in [1.807, 2.05) is 35.9 Å². The number of fused-ring (bicyclic) bond motifs is 1. The number of rotatable bonds is 7. The molecule has 1 aromatic heterocycles. The van der Waals surface area contributed by atoms with Crippen molar-refractivity contribution in [3.05, 3.63) is 30.1 Å². The number of hydrogen-bond acceptors (Lipinski definition) is 3.